The van der Waals surface area contributed by atoms with Crippen molar-refractivity contribution in [2.45, 2.75) is 56.5 Å². The van der Waals surface area contributed by atoms with E-state index in [0.717, 1.165) is 68.0 Å². The maximum absolute atomic E-state index is 13.9. The second-order valence-corrected chi connectivity index (χ2v) is 8.46. The summed E-state index contributed by atoms with van der Waals surface area (Å²) >= 11 is 0. The number of carbonyl (C=O) groups is 1. The third-order valence-corrected chi connectivity index (χ3v) is 6.41. The first kappa shape index (κ1) is 20.7. The molecule has 2 fully saturated rings. The number of anilines is 1. The van der Waals surface area contributed by atoms with Crippen LogP contribution in [-0.2, 0) is 16.8 Å². The van der Waals surface area contributed by atoms with Crippen molar-refractivity contribution in [3.8, 4) is 0 Å². The normalized spacial score (nSPS) is 20.3. The van der Waals surface area contributed by atoms with Gasteiger partial charge in [0.15, 0.2) is 0 Å². The van der Waals surface area contributed by atoms with Crippen molar-refractivity contribution in [1.82, 2.24) is 20.2 Å². The number of nitrogens with one attached hydrogen (secondary N) is 2. The summed E-state index contributed by atoms with van der Waals surface area (Å²) in [6.45, 7) is 1.37. The lowest BCUT2D eigenvalue weighted by Crippen LogP contribution is -2.43. The zero-order valence-corrected chi connectivity index (χ0v) is 17.7. The van der Waals surface area contributed by atoms with Crippen molar-refractivity contribution in [3.05, 3.63) is 53.2 Å². The van der Waals surface area contributed by atoms with Crippen LogP contribution < -0.4 is 10.6 Å². The van der Waals surface area contributed by atoms with E-state index in [1.54, 1.807) is 11.0 Å². The number of aromatic nitrogens is 2. The lowest BCUT2D eigenvalue weighted by atomic mass is 9.77. The summed E-state index contributed by atoms with van der Waals surface area (Å²) in [5.74, 6) is 1.27. The first-order chi connectivity index (χ1) is 14.5. The van der Waals surface area contributed by atoms with Gasteiger partial charge in [0, 0.05) is 20.2 Å². The second kappa shape index (κ2) is 8.68. The Labute approximate surface area is 177 Å². The number of halogens is 1. The summed E-state index contributed by atoms with van der Waals surface area (Å²) in [6, 6.07) is 8.58. The van der Waals surface area contributed by atoms with Gasteiger partial charge in [-0.3, -0.25) is 4.79 Å². The number of likely N-dealkylation sites (N-methyl/N-ethyl adjacent to an activating group) is 1. The Morgan fingerprint density at radius 3 is 2.73 bits per heavy atom. The lowest BCUT2D eigenvalue weighted by molar-refractivity contribution is -0.136. The zero-order chi connectivity index (χ0) is 21.1. The third kappa shape index (κ3) is 4.03. The largest absolute Gasteiger partial charge is 0.373 e. The summed E-state index contributed by atoms with van der Waals surface area (Å²) in [4.78, 5) is 24.7. The van der Waals surface area contributed by atoms with Crippen LogP contribution in [0.15, 0.2) is 30.3 Å². The maximum Gasteiger partial charge on any atom is 0.233 e. The SMILES string of the molecule is CNc1cc(CN(C)C(=O)C2(c3cccc(F)c3)CCCC2)nc([C@H]2CCCN2)n1. The molecule has 2 aromatic rings. The van der Waals surface area contributed by atoms with E-state index < -0.39 is 5.41 Å². The number of carbonyl (C=O) groups excluding carboxylic acids is 1. The van der Waals surface area contributed by atoms with E-state index in [2.05, 4.69) is 15.6 Å². The van der Waals surface area contributed by atoms with Crippen molar-refractivity contribution in [2.24, 2.45) is 0 Å². The Bertz CT molecular complexity index is 906. The molecule has 6 nitrogen and oxygen atoms in total. The smallest absolute Gasteiger partial charge is 0.233 e. The van der Waals surface area contributed by atoms with Gasteiger partial charge in [0.1, 0.15) is 17.5 Å². The van der Waals surface area contributed by atoms with Crippen LogP contribution in [0.4, 0.5) is 10.2 Å². The van der Waals surface area contributed by atoms with E-state index >= 15 is 0 Å². The van der Waals surface area contributed by atoms with Gasteiger partial charge in [0.2, 0.25) is 5.91 Å². The fraction of sp³-hybridized carbons (Fsp3) is 0.522. The number of nitrogens with zero attached hydrogens (tertiary/aromatic N) is 3. The number of benzene rings is 1. The predicted molar refractivity (Wildman–Crippen MR) is 115 cm³/mol. The van der Waals surface area contributed by atoms with Crippen molar-refractivity contribution in [2.75, 3.05) is 26.0 Å². The van der Waals surface area contributed by atoms with Crippen molar-refractivity contribution >= 4 is 11.7 Å². The Balaban J connectivity index is 1.59. The standard InChI is InChI=1S/C23H30FN5O/c1-25-20-14-18(27-21(28-20)19-9-6-12-26-19)15-29(2)22(30)23(10-3-4-11-23)16-7-5-8-17(24)13-16/h5,7-8,13-14,19,26H,3-4,6,9-12,15H2,1-2H3,(H,25,27,28)/t19-/m1/s1. The van der Waals surface area contributed by atoms with Gasteiger partial charge in [-0.05, 0) is 49.9 Å². The molecule has 1 saturated heterocycles. The fourth-order valence-electron chi connectivity index (χ4n) is 4.86. The average Bonchev–Trinajstić information content (AvgIpc) is 3.46. The van der Waals surface area contributed by atoms with Crippen molar-refractivity contribution < 1.29 is 9.18 Å². The highest BCUT2D eigenvalue weighted by Gasteiger charge is 2.44. The molecule has 0 bridgehead atoms. The Hall–Kier alpha value is -2.54. The molecule has 2 heterocycles. The second-order valence-electron chi connectivity index (χ2n) is 8.46. The van der Waals surface area contributed by atoms with Gasteiger partial charge in [0.05, 0.1) is 23.7 Å². The van der Waals surface area contributed by atoms with Crippen molar-refractivity contribution in [3.63, 3.8) is 0 Å². The van der Waals surface area contributed by atoms with Crippen LogP contribution in [0.25, 0.3) is 0 Å². The van der Waals surface area contributed by atoms with E-state index in [4.69, 9.17) is 4.98 Å². The molecule has 0 radical (unpaired) electrons. The molecule has 1 aromatic heterocycles. The fourth-order valence-corrected chi connectivity index (χ4v) is 4.86. The van der Waals surface area contributed by atoms with Gasteiger partial charge in [-0.25, -0.2) is 14.4 Å². The molecule has 1 aliphatic heterocycles. The van der Waals surface area contributed by atoms with E-state index in [9.17, 15) is 9.18 Å². The van der Waals surface area contributed by atoms with Gasteiger partial charge >= 0.3 is 0 Å². The molecular weight excluding hydrogens is 381 g/mol. The topological polar surface area (TPSA) is 70.2 Å². The van der Waals surface area contributed by atoms with E-state index in [-0.39, 0.29) is 17.8 Å². The van der Waals surface area contributed by atoms with Crippen LogP contribution in [0.5, 0.6) is 0 Å². The molecule has 7 heteroatoms. The quantitative estimate of drug-likeness (QED) is 0.761. The molecule has 1 amide bonds. The minimum Gasteiger partial charge on any atom is -0.373 e. The Morgan fingerprint density at radius 1 is 1.27 bits per heavy atom. The number of amides is 1. The van der Waals surface area contributed by atoms with Crippen molar-refractivity contribution in [1.29, 1.82) is 0 Å². The summed E-state index contributed by atoms with van der Waals surface area (Å²) in [5.41, 5.74) is 0.943. The highest BCUT2D eigenvalue weighted by Crippen LogP contribution is 2.42. The lowest BCUT2D eigenvalue weighted by Gasteiger charge is -2.33. The molecular formula is C23H30FN5O. The molecule has 4 rings (SSSR count). The van der Waals surface area contributed by atoms with Crippen LogP contribution in [0.2, 0.25) is 0 Å². The van der Waals surface area contributed by atoms with Crippen LogP contribution in [0.1, 0.15) is 61.6 Å². The molecule has 2 N–H and O–H groups in total. The summed E-state index contributed by atoms with van der Waals surface area (Å²) in [7, 11) is 3.65. The van der Waals surface area contributed by atoms with E-state index in [1.165, 1.54) is 12.1 Å². The maximum atomic E-state index is 13.9. The molecule has 160 valence electrons. The first-order valence-electron chi connectivity index (χ1n) is 10.8. The van der Waals surface area contributed by atoms with Crippen LogP contribution in [-0.4, -0.2) is 41.4 Å². The average molecular weight is 412 g/mol. The predicted octanol–water partition coefficient (Wildman–Crippen LogP) is 3.55. The molecule has 1 aliphatic carbocycles. The number of hydrogen-bond acceptors (Lipinski definition) is 5. The summed E-state index contributed by atoms with van der Waals surface area (Å²) in [6.07, 6.45) is 5.59. The molecule has 30 heavy (non-hydrogen) atoms. The van der Waals surface area contributed by atoms with Gasteiger partial charge in [-0.1, -0.05) is 25.0 Å². The van der Waals surface area contributed by atoms with Crippen LogP contribution in [0, 0.1) is 5.82 Å². The summed E-state index contributed by atoms with van der Waals surface area (Å²) in [5, 5.41) is 6.54. The highest BCUT2D eigenvalue weighted by atomic mass is 19.1. The minimum absolute atomic E-state index is 0.0377. The number of rotatable bonds is 6. The highest BCUT2D eigenvalue weighted by molar-refractivity contribution is 5.88. The van der Waals surface area contributed by atoms with Gasteiger partial charge in [-0.2, -0.15) is 0 Å². The monoisotopic (exact) mass is 411 g/mol. The third-order valence-electron chi connectivity index (χ3n) is 6.41. The molecule has 0 spiro atoms. The Kier molecular flexibility index (Phi) is 5.99. The first-order valence-corrected chi connectivity index (χ1v) is 10.8. The zero-order valence-electron chi connectivity index (χ0n) is 17.7. The van der Waals surface area contributed by atoms with Gasteiger partial charge in [-0.15, -0.1) is 0 Å². The minimum atomic E-state index is -0.647. The molecule has 2 aliphatic rings. The van der Waals surface area contributed by atoms with Gasteiger partial charge in [0.25, 0.3) is 0 Å². The van der Waals surface area contributed by atoms with E-state index in [0.29, 0.717) is 6.54 Å². The van der Waals surface area contributed by atoms with Crippen LogP contribution >= 0.6 is 0 Å². The van der Waals surface area contributed by atoms with E-state index in [1.807, 2.05) is 26.2 Å². The molecule has 1 atom stereocenters. The van der Waals surface area contributed by atoms with Crippen LogP contribution in [0.3, 0.4) is 0 Å². The molecule has 1 aromatic carbocycles. The Morgan fingerprint density at radius 2 is 2.07 bits per heavy atom. The molecule has 1 saturated carbocycles. The summed E-state index contributed by atoms with van der Waals surface area (Å²) < 4.78 is 13.9. The number of hydrogen-bond donors (Lipinski definition) is 2. The van der Waals surface area contributed by atoms with Gasteiger partial charge < -0.3 is 15.5 Å². The molecule has 0 unspecified atom stereocenters.